The van der Waals surface area contributed by atoms with Crippen LogP contribution in [0.5, 0.6) is 0 Å². The maximum Gasteiger partial charge on any atom is 0.370 e. The molecule has 5 heteroatoms. The Morgan fingerprint density at radius 2 is 1.33 bits per heavy atom. The van der Waals surface area contributed by atoms with E-state index in [-0.39, 0.29) is 0 Å². The van der Waals surface area contributed by atoms with Crippen molar-refractivity contribution in [3.05, 3.63) is 0 Å². The third-order valence-electron chi connectivity index (χ3n) is 1.19. The molecule has 0 aromatic rings. The Labute approximate surface area is 91.1 Å². The van der Waals surface area contributed by atoms with Gasteiger partial charge in [0.15, 0.2) is 0 Å². The van der Waals surface area contributed by atoms with Gasteiger partial charge in [-0.2, -0.15) is 0 Å². The third-order valence-corrected chi connectivity index (χ3v) is 1.19. The average Bonchev–Trinajstić information content (AvgIpc) is 1.75. The second-order valence-electron chi connectivity index (χ2n) is 5.51. The van der Waals surface area contributed by atoms with E-state index >= 15 is 0 Å². The molecule has 0 aliphatic heterocycles. The predicted octanol–water partition coefficient (Wildman–Crippen LogP) is 0.714. The van der Waals surface area contributed by atoms with E-state index in [0.29, 0.717) is 0 Å². The highest BCUT2D eigenvalue weighted by Gasteiger charge is 2.38. The minimum Gasteiger partial charge on any atom is -0.456 e. The fraction of sp³-hybridized carbons (Fsp3) is 0.900. The average molecular weight is 218 g/mol. The molecule has 0 rings (SSSR count). The number of esters is 1. The summed E-state index contributed by atoms with van der Waals surface area (Å²) in [5.74, 6) is -2.68. The van der Waals surface area contributed by atoms with Gasteiger partial charge in [0.2, 0.25) is 0 Å². The zero-order chi connectivity index (χ0) is 12.5. The van der Waals surface area contributed by atoms with Crippen molar-refractivity contribution in [3.63, 3.8) is 0 Å². The molecule has 0 saturated heterocycles. The van der Waals surface area contributed by atoms with Crippen LogP contribution in [0, 0.1) is 0 Å². The van der Waals surface area contributed by atoms with Gasteiger partial charge in [-0.3, -0.25) is 11.5 Å². The number of nitrogens with two attached hydrogens (primary N) is 2. The molecule has 0 spiro atoms. The summed E-state index contributed by atoms with van der Waals surface area (Å²) in [6.45, 7) is 10.5. The van der Waals surface area contributed by atoms with Gasteiger partial charge in [0.1, 0.15) is 5.60 Å². The number of hydrogen-bond donors (Lipinski definition) is 2. The molecule has 0 unspecified atom stereocenters. The first-order valence-electron chi connectivity index (χ1n) is 4.85. The Hall–Kier alpha value is -0.650. The standard InChI is InChI=1S/C10H22N2O3/c1-8(2,3)14-7(13)10(11,12)15-9(4,5)6/h11-12H2,1-6H3. The number of carbonyl (C=O) groups is 1. The highest BCUT2D eigenvalue weighted by atomic mass is 16.6. The molecule has 4 N–H and O–H groups in total. The maximum atomic E-state index is 11.6. The second-order valence-corrected chi connectivity index (χ2v) is 5.51. The molecule has 0 aliphatic carbocycles. The van der Waals surface area contributed by atoms with E-state index in [0.717, 1.165) is 0 Å². The Morgan fingerprint density at radius 1 is 0.933 bits per heavy atom. The van der Waals surface area contributed by atoms with Crippen molar-refractivity contribution < 1.29 is 14.3 Å². The van der Waals surface area contributed by atoms with Gasteiger partial charge in [0.05, 0.1) is 5.60 Å². The van der Waals surface area contributed by atoms with E-state index in [2.05, 4.69) is 0 Å². The molecule has 90 valence electrons. The lowest BCUT2D eigenvalue weighted by atomic mass is 10.2. The lowest BCUT2D eigenvalue weighted by Gasteiger charge is -2.33. The molecule has 15 heavy (non-hydrogen) atoms. The fourth-order valence-corrected chi connectivity index (χ4v) is 0.906. The third kappa shape index (κ3) is 6.43. The molecule has 0 aromatic carbocycles. The van der Waals surface area contributed by atoms with Crippen LogP contribution >= 0.6 is 0 Å². The van der Waals surface area contributed by atoms with Crippen molar-refractivity contribution >= 4 is 5.97 Å². The zero-order valence-corrected chi connectivity index (χ0v) is 10.4. The number of hydrogen-bond acceptors (Lipinski definition) is 5. The van der Waals surface area contributed by atoms with Crippen molar-refractivity contribution in [2.45, 2.75) is 58.6 Å². The van der Waals surface area contributed by atoms with Crippen molar-refractivity contribution in [1.29, 1.82) is 0 Å². The van der Waals surface area contributed by atoms with Crippen LogP contribution < -0.4 is 11.5 Å². The molecule has 0 amide bonds. The largest absolute Gasteiger partial charge is 0.456 e. The van der Waals surface area contributed by atoms with E-state index in [4.69, 9.17) is 20.9 Å². The Balaban J connectivity index is 4.54. The predicted molar refractivity (Wildman–Crippen MR) is 57.8 cm³/mol. The fourth-order valence-electron chi connectivity index (χ4n) is 0.906. The van der Waals surface area contributed by atoms with Crippen LogP contribution in [-0.4, -0.2) is 23.0 Å². The van der Waals surface area contributed by atoms with Gasteiger partial charge in [-0.05, 0) is 41.5 Å². The number of rotatable bonds is 2. The first-order chi connectivity index (χ1) is 6.33. The van der Waals surface area contributed by atoms with Crippen molar-refractivity contribution in [2.24, 2.45) is 11.5 Å². The Kier molecular flexibility index (Phi) is 3.90. The molecule has 0 atom stereocenters. The van der Waals surface area contributed by atoms with Gasteiger partial charge in [0, 0.05) is 0 Å². The minimum absolute atomic E-state index is 0.611. The molecule has 0 radical (unpaired) electrons. The SMILES string of the molecule is CC(C)(C)OC(=O)C(N)(N)OC(C)(C)C. The van der Waals surface area contributed by atoms with Gasteiger partial charge < -0.3 is 9.47 Å². The first-order valence-corrected chi connectivity index (χ1v) is 4.85. The van der Waals surface area contributed by atoms with Crippen LogP contribution in [0.1, 0.15) is 41.5 Å². The van der Waals surface area contributed by atoms with Gasteiger partial charge in [-0.25, -0.2) is 4.79 Å². The van der Waals surface area contributed by atoms with E-state index in [1.165, 1.54) is 0 Å². The van der Waals surface area contributed by atoms with Crippen LogP contribution in [0.25, 0.3) is 0 Å². The summed E-state index contributed by atoms with van der Waals surface area (Å²) in [7, 11) is 0. The molecule has 5 nitrogen and oxygen atoms in total. The smallest absolute Gasteiger partial charge is 0.370 e. The molecule has 0 saturated carbocycles. The van der Waals surface area contributed by atoms with E-state index in [1.807, 2.05) is 0 Å². The lowest BCUT2D eigenvalue weighted by molar-refractivity contribution is -0.198. The summed E-state index contributed by atoms with van der Waals surface area (Å²) in [6.07, 6.45) is 0. The quantitative estimate of drug-likeness (QED) is 0.526. The topological polar surface area (TPSA) is 87.6 Å². The molecular weight excluding hydrogens is 196 g/mol. The first kappa shape index (κ1) is 14.3. The molecule has 0 aromatic heterocycles. The molecule has 0 aliphatic rings. The summed E-state index contributed by atoms with van der Waals surface area (Å²) in [4.78, 5) is 11.6. The summed E-state index contributed by atoms with van der Waals surface area (Å²) >= 11 is 0. The van der Waals surface area contributed by atoms with Crippen LogP contribution in [0.2, 0.25) is 0 Å². The highest BCUT2D eigenvalue weighted by Crippen LogP contribution is 2.16. The van der Waals surface area contributed by atoms with Crippen LogP contribution in [-0.2, 0) is 14.3 Å². The molecule has 0 fully saturated rings. The van der Waals surface area contributed by atoms with Gasteiger partial charge in [-0.1, -0.05) is 0 Å². The summed E-state index contributed by atoms with van der Waals surface area (Å²) in [5, 5.41) is 0. The molecular formula is C10H22N2O3. The molecule has 0 bridgehead atoms. The minimum atomic E-state index is -1.91. The van der Waals surface area contributed by atoms with Crippen LogP contribution in [0.4, 0.5) is 0 Å². The number of carbonyl (C=O) groups excluding carboxylic acids is 1. The summed E-state index contributed by atoms with van der Waals surface area (Å²) in [6, 6.07) is 0. The van der Waals surface area contributed by atoms with Crippen molar-refractivity contribution in [1.82, 2.24) is 0 Å². The van der Waals surface area contributed by atoms with Gasteiger partial charge >= 0.3 is 5.97 Å². The summed E-state index contributed by atoms with van der Waals surface area (Å²) < 4.78 is 10.2. The molecule has 0 heterocycles. The monoisotopic (exact) mass is 218 g/mol. The van der Waals surface area contributed by atoms with E-state index in [9.17, 15) is 4.79 Å². The Morgan fingerprint density at radius 3 is 1.60 bits per heavy atom. The van der Waals surface area contributed by atoms with Crippen LogP contribution in [0.15, 0.2) is 0 Å². The summed E-state index contributed by atoms with van der Waals surface area (Å²) in [5.41, 5.74) is 9.82. The van der Waals surface area contributed by atoms with E-state index < -0.39 is 23.0 Å². The van der Waals surface area contributed by atoms with Crippen LogP contribution in [0.3, 0.4) is 0 Å². The van der Waals surface area contributed by atoms with E-state index in [1.54, 1.807) is 41.5 Å². The Bertz CT molecular complexity index is 236. The van der Waals surface area contributed by atoms with Crippen molar-refractivity contribution in [3.8, 4) is 0 Å². The lowest BCUT2D eigenvalue weighted by Crippen LogP contribution is -2.63. The van der Waals surface area contributed by atoms with Crippen molar-refractivity contribution in [2.75, 3.05) is 0 Å². The zero-order valence-electron chi connectivity index (χ0n) is 10.4. The second kappa shape index (κ2) is 4.08. The number of ether oxygens (including phenoxy) is 2. The normalized spacial score (nSPS) is 13.9. The highest BCUT2D eigenvalue weighted by molar-refractivity contribution is 5.78. The maximum absolute atomic E-state index is 11.6. The van der Waals surface area contributed by atoms with Gasteiger partial charge in [-0.15, -0.1) is 0 Å². The van der Waals surface area contributed by atoms with Gasteiger partial charge in [0.25, 0.3) is 5.85 Å².